The molecule has 12 nitrogen and oxygen atoms in total. The largest absolute Gasteiger partial charge is 0.373 e. The molecule has 0 aromatic heterocycles. The number of hydrogen-bond acceptors (Lipinski definition) is 8. The van der Waals surface area contributed by atoms with Gasteiger partial charge in [-0.3, -0.25) is 24.5 Å². The number of nitrogens with two attached hydrogens (primary N) is 1. The van der Waals surface area contributed by atoms with Crippen LogP contribution < -0.4 is 37.6 Å². The highest BCUT2D eigenvalue weighted by Gasteiger charge is 2.44. The quantitative estimate of drug-likeness (QED) is 0.0679. The Hall–Kier alpha value is -3.51. The maximum atomic E-state index is 14.9. The molecule has 2 saturated carbocycles. The molecule has 2 aliphatic carbocycles. The number of benzene rings is 1. The Labute approximate surface area is 330 Å². The van der Waals surface area contributed by atoms with Gasteiger partial charge in [0.25, 0.3) is 0 Å². The highest BCUT2D eigenvalue weighted by Crippen LogP contribution is 2.34. The Morgan fingerprint density at radius 3 is 1.85 bits per heavy atom. The van der Waals surface area contributed by atoms with Crippen LogP contribution in [-0.2, 0) is 25.6 Å². The van der Waals surface area contributed by atoms with Gasteiger partial charge >= 0.3 is 6.03 Å². The summed E-state index contributed by atoms with van der Waals surface area (Å²) in [6.07, 6.45) is 11.6. The van der Waals surface area contributed by atoms with Crippen LogP contribution in [0.1, 0.15) is 150 Å². The van der Waals surface area contributed by atoms with E-state index >= 15 is 0 Å². The first-order valence-electron chi connectivity index (χ1n) is 20.9. The molecule has 12 heteroatoms. The van der Waals surface area contributed by atoms with Gasteiger partial charge < -0.3 is 32.3 Å². The molecule has 310 valence electrons. The van der Waals surface area contributed by atoms with Crippen LogP contribution in [0.2, 0.25) is 0 Å². The zero-order chi connectivity index (χ0) is 40.7. The Morgan fingerprint density at radius 1 is 0.764 bits per heavy atom. The fourth-order valence-electron chi connectivity index (χ4n) is 7.88. The normalized spacial score (nSPS) is 18.5. The first-order chi connectivity index (χ1) is 25.8. The van der Waals surface area contributed by atoms with Crippen molar-refractivity contribution in [3.05, 3.63) is 29.8 Å². The molecule has 0 saturated heterocycles. The fraction of sp³-hybridized carbons (Fsp3) is 0.744. The second kappa shape index (κ2) is 21.1. The number of Topliss-reactive ketones (excluding diaryl/α,β-unsaturated/α-hetero) is 2. The summed E-state index contributed by atoms with van der Waals surface area (Å²) in [5.41, 5.74) is 5.14. The summed E-state index contributed by atoms with van der Waals surface area (Å²) in [7, 11) is 0. The van der Waals surface area contributed by atoms with Gasteiger partial charge in [0.2, 0.25) is 11.8 Å². The Kier molecular flexibility index (Phi) is 17.6. The Balaban J connectivity index is 1.83. The molecule has 2 atom stereocenters. The minimum Gasteiger partial charge on any atom is -0.373 e. The lowest BCUT2D eigenvalue weighted by molar-refractivity contribution is -0.133. The van der Waals surface area contributed by atoms with E-state index in [2.05, 4.69) is 73.4 Å². The molecule has 0 aliphatic heterocycles. The number of carbonyl (C=O) groups is 5. The minimum absolute atomic E-state index is 0.00703. The molecule has 55 heavy (non-hydrogen) atoms. The summed E-state index contributed by atoms with van der Waals surface area (Å²) in [5.74, 6) is -0.336. The van der Waals surface area contributed by atoms with Crippen molar-refractivity contribution in [3.8, 4) is 0 Å². The number of ketones is 2. The second-order valence-corrected chi connectivity index (χ2v) is 18.4. The van der Waals surface area contributed by atoms with Gasteiger partial charge in [-0.15, -0.1) is 0 Å². The second-order valence-electron chi connectivity index (χ2n) is 18.4. The van der Waals surface area contributed by atoms with E-state index in [9.17, 15) is 24.0 Å². The highest BCUT2D eigenvalue weighted by atomic mass is 16.2. The van der Waals surface area contributed by atoms with Crippen molar-refractivity contribution < 1.29 is 24.0 Å². The maximum absolute atomic E-state index is 14.9. The summed E-state index contributed by atoms with van der Waals surface area (Å²) >= 11 is 0. The molecule has 2 aliphatic rings. The van der Waals surface area contributed by atoms with Crippen molar-refractivity contribution in [2.45, 2.75) is 180 Å². The van der Waals surface area contributed by atoms with E-state index in [1.807, 2.05) is 24.3 Å². The van der Waals surface area contributed by atoms with Gasteiger partial charge in [-0.2, -0.15) is 0 Å². The van der Waals surface area contributed by atoms with E-state index in [4.69, 9.17) is 5.73 Å². The van der Waals surface area contributed by atoms with Crippen LogP contribution in [0.4, 0.5) is 10.5 Å². The first kappa shape index (κ1) is 45.9. The first-order valence-corrected chi connectivity index (χ1v) is 20.9. The summed E-state index contributed by atoms with van der Waals surface area (Å²) in [6, 6.07) is 5.48. The van der Waals surface area contributed by atoms with Gasteiger partial charge in [0.1, 0.15) is 0 Å². The van der Waals surface area contributed by atoms with E-state index in [0.717, 1.165) is 62.6 Å². The van der Waals surface area contributed by atoms with Crippen LogP contribution in [0.15, 0.2) is 24.3 Å². The fourth-order valence-corrected chi connectivity index (χ4v) is 7.88. The van der Waals surface area contributed by atoms with Crippen molar-refractivity contribution in [1.29, 1.82) is 0 Å². The van der Waals surface area contributed by atoms with Crippen LogP contribution in [-0.4, -0.2) is 77.7 Å². The van der Waals surface area contributed by atoms with Crippen molar-refractivity contribution in [2.24, 2.45) is 11.1 Å². The average Bonchev–Trinajstić information content (AvgIpc) is 3.50. The third-order valence-electron chi connectivity index (χ3n) is 10.9. The number of primary amides is 1. The number of anilines is 1. The lowest BCUT2D eigenvalue weighted by Crippen LogP contribution is -2.62. The summed E-state index contributed by atoms with van der Waals surface area (Å²) in [6.45, 7) is 15.7. The number of carbonyl (C=O) groups excluding carboxylic acids is 5. The van der Waals surface area contributed by atoms with Crippen molar-refractivity contribution in [1.82, 2.24) is 26.6 Å². The van der Waals surface area contributed by atoms with Gasteiger partial charge in [-0.25, -0.2) is 4.79 Å². The summed E-state index contributed by atoms with van der Waals surface area (Å²) in [4.78, 5) is 67.0. The van der Waals surface area contributed by atoms with Gasteiger partial charge in [-0.05, 0) is 89.3 Å². The van der Waals surface area contributed by atoms with Gasteiger partial charge in [0.05, 0.1) is 29.6 Å². The van der Waals surface area contributed by atoms with Gasteiger partial charge in [0, 0.05) is 37.3 Å². The molecule has 0 unspecified atom stereocenters. The summed E-state index contributed by atoms with van der Waals surface area (Å²) in [5, 5.41) is 19.3. The number of nitrogens with one attached hydrogen (secondary N) is 6. The molecule has 0 spiro atoms. The number of urea groups is 1. The zero-order valence-electron chi connectivity index (χ0n) is 35.0. The average molecular weight is 768 g/mol. The molecule has 1 aromatic carbocycles. The van der Waals surface area contributed by atoms with Crippen molar-refractivity contribution in [3.63, 3.8) is 0 Å². The molecule has 3 rings (SSSR count). The molecular weight excluding hydrogens is 695 g/mol. The minimum atomic E-state index is -0.924. The number of amides is 4. The number of hydrogen-bond donors (Lipinski definition) is 7. The van der Waals surface area contributed by atoms with Crippen molar-refractivity contribution in [2.75, 3.05) is 25.0 Å². The smallest absolute Gasteiger partial charge is 0.312 e. The Bertz CT molecular complexity index is 1400. The monoisotopic (exact) mass is 768 g/mol. The number of rotatable bonds is 19. The van der Waals surface area contributed by atoms with Crippen molar-refractivity contribution >= 4 is 35.1 Å². The standard InChI is InChI=1S/C43H73N7O5/c1-31(49-42(23-12-8-9-13-24-42)35(51)22-28-47-41(5,6)7)38(54)48-34(17-16-27-45-39(44)55)37(53)43(25-14-10-11-15-26-43)50-33-20-18-32(19-21-33)29-36(52)46-30-40(2,3)4/h18-21,31,34,47,49-50H,8-17,22-30H2,1-7H3,(H,46,52)(H,48,54)(H3,44,45,55)/t31-,34-/m0/s1. The zero-order valence-corrected chi connectivity index (χ0v) is 35.0. The van der Waals surface area contributed by atoms with E-state index in [-0.39, 0.29) is 47.3 Å². The van der Waals surface area contributed by atoms with Crippen LogP contribution in [0.25, 0.3) is 0 Å². The third-order valence-corrected chi connectivity index (χ3v) is 10.9. The Morgan fingerprint density at radius 2 is 1.33 bits per heavy atom. The lowest BCUT2D eigenvalue weighted by Gasteiger charge is -2.38. The van der Waals surface area contributed by atoms with Gasteiger partial charge in [0.15, 0.2) is 11.6 Å². The maximum Gasteiger partial charge on any atom is 0.312 e. The SMILES string of the molecule is C[C@H](NC1(C(=O)CCNC(C)(C)C)CCCCCC1)C(=O)N[C@@H](CCCNC(N)=O)C(=O)C1(Nc2ccc(CC(=O)NCC(C)(C)C)cc2)CCCCCC1. The third kappa shape index (κ3) is 15.9. The molecule has 0 bridgehead atoms. The molecule has 0 radical (unpaired) electrons. The molecular formula is C43H73N7O5. The van der Waals surface area contributed by atoms with Crippen LogP contribution in [0.5, 0.6) is 0 Å². The predicted octanol–water partition coefficient (Wildman–Crippen LogP) is 5.82. The predicted molar refractivity (Wildman–Crippen MR) is 221 cm³/mol. The van der Waals surface area contributed by atoms with E-state index in [0.29, 0.717) is 58.0 Å². The van der Waals surface area contributed by atoms with Crippen LogP contribution in [0, 0.1) is 5.41 Å². The highest BCUT2D eigenvalue weighted by molar-refractivity contribution is 5.99. The lowest BCUT2D eigenvalue weighted by atomic mass is 9.80. The van der Waals surface area contributed by atoms with E-state index in [1.54, 1.807) is 6.92 Å². The molecule has 8 N–H and O–H groups in total. The molecule has 1 aromatic rings. The molecule has 2 fully saturated rings. The van der Waals surface area contributed by atoms with Crippen LogP contribution >= 0.6 is 0 Å². The molecule has 0 heterocycles. The van der Waals surface area contributed by atoms with Crippen LogP contribution in [0.3, 0.4) is 0 Å². The van der Waals surface area contributed by atoms with E-state index in [1.165, 1.54) is 0 Å². The van der Waals surface area contributed by atoms with Gasteiger partial charge in [-0.1, -0.05) is 84.3 Å². The molecule has 4 amide bonds. The van der Waals surface area contributed by atoms with E-state index < -0.39 is 29.2 Å². The topological polar surface area (TPSA) is 184 Å². The summed E-state index contributed by atoms with van der Waals surface area (Å²) < 4.78 is 0.